The van der Waals surface area contributed by atoms with Crippen molar-refractivity contribution >= 4 is 23.1 Å². The van der Waals surface area contributed by atoms with Crippen LogP contribution in [0, 0.1) is 5.92 Å². The van der Waals surface area contributed by atoms with E-state index in [1.165, 1.54) is 25.7 Å². The zero-order valence-corrected chi connectivity index (χ0v) is 12.6. The highest BCUT2D eigenvalue weighted by Crippen LogP contribution is 2.29. The summed E-state index contributed by atoms with van der Waals surface area (Å²) in [6.45, 7) is 4.39. The zero-order chi connectivity index (χ0) is 14.5. The fourth-order valence-corrected chi connectivity index (χ4v) is 3.12. The Bertz CT molecular complexity index is 482. The van der Waals surface area contributed by atoms with Crippen LogP contribution in [0.4, 0.5) is 5.69 Å². The first kappa shape index (κ1) is 15.0. The number of nitrogens with two attached hydrogens (primary N) is 1. The number of benzene rings is 1. The lowest BCUT2D eigenvalue weighted by Gasteiger charge is -2.33. The van der Waals surface area contributed by atoms with E-state index >= 15 is 0 Å². The second-order valence-corrected chi connectivity index (χ2v) is 5.78. The van der Waals surface area contributed by atoms with Crippen molar-refractivity contribution in [2.24, 2.45) is 16.8 Å². The summed E-state index contributed by atoms with van der Waals surface area (Å²) < 4.78 is 0. The number of hydrogen-bond acceptors (Lipinski definition) is 3. The van der Waals surface area contributed by atoms with Crippen LogP contribution in [-0.4, -0.2) is 24.1 Å². The average Bonchev–Trinajstić information content (AvgIpc) is 2.47. The Labute approximate surface area is 125 Å². The Hall–Kier alpha value is -1.42. The van der Waals surface area contributed by atoms with Gasteiger partial charge in [-0.25, -0.2) is 0 Å². The average molecular weight is 296 g/mol. The van der Waals surface area contributed by atoms with Gasteiger partial charge in [-0.05, 0) is 37.0 Å². The van der Waals surface area contributed by atoms with Gasteiger partial charge in [0.2, 0.25) is 0 Å². The summed E-state index contributed by atoms with van der Waals surface area (Å²) in [5, 5.41) is 12.2. The Morgan fingerprint density at radius 3 is 2.70 bits per heavy atom. The van der Waals surface area contributed by atoms with Gasteiger partial charge in [-0.3, -0.25) is 0 Å². The standard InChI is InChI=1S/C15H22ClN3O/c1-2-3-11-6-8-19(9-7-11)12-4-5-13(14(16)10-12)15(17)18-20/h4-5,10-11,20H,2-3,6-9H2,1H3,(H2,17,18). The minimum absolute atomic E-state index is 0.0446. The Balaban J connectivity index is 2.06. The molecule has 1 fully saturated rings. The quantitative estimate of drug-likeness (QED) is 0.387. The molecule has 0 saturated carbocycles. The van der Waals surface area contributed by atoms with Crippen LogP contribution in [-0.2, 0) is 0 Å². The highest BCUT2D eigenvalue weighted by atomic mass is 35.5. The maximum absolute atomic E-state index is 8.70. The van der Waals surface area contributed by atoms with E-state index in [4.69, 9.17) is 22.5 Å². The fourth-order valence-electron chi connectivity index (χ4n) is 2.85. The van der Waals surface area contributed by atoms with Crippen molar-refractivity contribution in [1.82, 2.24) is 0 Å². The second-order valence-electron chi connectivity index (χ2n) is 5.37. The van der Waals surface area contributed by atoms with Gasteiger partial charge in [-0.2, -0.15) is 0 Å². The van der Waals surface area contributed by atoms with Crippen molar-refractivity contribution in [3.8, 4) is 0 Å². The molecule has 110 valence electrons. The third kappa shape index (κ3) is 3.37. The first-order chi connectivity index (χ1) is 9.65. The normalized spacial score (nSPS) is 17.5. The van der Waals surface area contributed by atoms with Gasteiger partial charge in [0, 0.05) is 24.3 Å². The smallest absolute Gasteiger partial charge is 0.171 e. The molecule has 1 aliphatic rings. The van der Waals surface area contributed by atoms with Crippen molar-refractivity contribution in [3.63, 3.8) is 0 Å². The molecule has 0 atom stereocenters. The molecule has 1 aromatic carbocycles. The third-order valence-electron chi connectivity index (χ3n) is 4.01. The molecule has 0 unspecified atom stereocenters. The Morgan fingerprint density at radius 2 is 2.15 bits per heavy atom. The van der Waals surface area contributed by atoms with Crippen LogP contribution in [0.1, 0.15) is 38.2 Å². The van der Waals surface area contributed by atoms with Crippen LogP contribution >= 0.6 is 11.6 Å². The van der Waals surface area contributed by atoms with E-state index in [1.54, 1.807) is 0 Å². The monoisotopic (exact) mass is 295 g/mol. The highest BCUT2D eigenvalue weighted by Gasteiger charge is 2.19. The molecule has 0 radical (unpaired) electrons. The minimum Gasteiger partial charge on any atom is -0.409 e. The first-order valence-electron chi connectivity index (χ1n) is 7.18. The lowest BCUT2D eigenvalue weighted by Crippen LogP contribution is -2.33. The van der Waals surface area contributed by atoms with Crippen LogP contribution in [0.25, 0.3) is 0 Å². The van der Waals surface area contributed by atoms with Crippen LogP contribution < -0.4 is 10.6 Å². The van der Waals surface area contributed by atoms with Crippen molar-refractivity contribution < 1.29 is 5.21 Å². The van der Waals surface area contributed by atoms with E-state index in [1.807, 2.05) is 18.2 Å². The van der Waals surface area contributed by atoms with Gasteiger partial charge in [-0.1, -0.05) is 36.5 Å². The second kappa shape index (κ2) is 6.84. The molecule has 1 heterocycles. The topological polar surface area (TPSA) is 61.8 Å². The van der Waals surface area contributed by atoms with E-state index in [0.717, 1.165) is 24.7 Å². The highest BCUT2D eigenvalue weighted by molar-refractivity contribution is 6.34. The molecular weight excluding hydrogens is 274 g/mol. The molecule has 2 rings (SSSR count). The number of halogens is 1. The van der Waals surface area contributed by atoms with Gasteiger partial charge in [0.05, 0.1) is 5.02 Å². The van der Waals surface area contributed by atoms with Crippen LogP contribution in [0.5, 0.6) is 0 Å². The number of nitrogens with zero attached hydrogens (tertiary/aromatic N) is 2. The molecule has 1 aliphatic heterocycles. The molecule has 5 heteroatoms. The summed E-state index contributed by atoms with van der Waals surface area (Å²) in [5.74, 6) is 0.909. The van der Waals surface area contributed by atoms with Gasteiger partial charge >= 0.3 is 0 Å². The summed E-state index contributed by atoms with van der Waals surface area (Å²) in [7, 11) is 0. The Morgan fingerprint density at radius 1 is 1.45 bits per heavy atom. The zero-order valence-electron chi connectivity index (χ0n) is 11.8. The predicted octanol–water partition coefficient (Wildman–Crippen LogP) is 3.45. The Kier molecular flexibility index (Phi) is 5.12. The van der Waals surface area contributed by atoms with E-state index in [9.17, 15) is 0 Å². The van der Waals surface area contributed by atoms with Crippen molar-refractivity contribution in [2.75, 3.05) is 18.0 Å². The molecule has 0 spiro atoms. The van der Waals surface area contributed by atoms with Gasteiger partial charge in [0.15, 0.2) is 5.84 Å². The molecule has 0 aromatic heterocycles. The summed E-state index contributed by atoms with van der Waals surface area (Å²) in [6.07, 6.45) is 5.09. The predicted molar refractivity (Wildman–Crippen MR) is 83.8 cm³/mol. The van der Waals surface area contributed by atoms with Gasteiger partial charge in [0.25, 0.3) is 0 Å². The number of anilines is 1. The molecule has 1 aromatic rings. The number of rotatable bonds is 4. The molecule has 4 nitrogen and oxygen atoms in total. The van der Waals surface area contributed by atoms with Gasteiger partial charge in [0.1, 0.15) is 0 Å². The van der Waals surface area contributed by atoms with Crippen LogP contribution in [0.15, 0.2) is 23.4 Å². The van der Waals surface area contributed by atoms with Crippen molar-refractivity contribution in [3.05, 3.63) is 28.8 Å². The largest absolute Gasteiger partial charge is 0.409 e. The summed E-state index contributed by atoms with van der Waals surface area (Å²) >= 11 is 6.20. The number of amidine groups is 1. The van der Waals surface area contributed by atoms with E-state index in [0.29, 0.717) is 10.6 Å². The maximum Gasteiger partial charge on any atom is 0.171 e. The summed E-state index contributed by atoms with van der Waals surface area (Å²) in [5.41, 5.74) is 7.26. The summed E-state index contributed by atoms with van der Waals surface area (Å²) in [6, 6.07) is 5.69. The van der Waals surface area contributed by atoms with Gasteiger partial charge in [-0.15, -0.1) is 0 Å². The van der Waals surface area contributed by atoms with Gasteiger partial charge < -0.3 is 15.8 Å². The number of oxime groups is 1. The molecule has 0 amide bonds. The van der Waals surface area contributed by atoms with Crippen LogP contribution in [0.3, 0.4) is 0 Å². The molecule has 3 N–H and O–H groups in total. The molecule has 20 heavy (non-hydrogen) atoms. The number of piperidine rings is 1. The van der Waals surface area contributed by atoms with Crippen molar-refractivity contribution in [1.29, 1.82) is 0 Å². The molecule has 0 bridgehead atoms. The molecule has 1 saturated heterocycles. The van der Waals surface area contributed by atoms with E-state index in [2.05, 4.69) is 17.0 Å². The number of hydrogen-bond donors (Lipinski definition) is 2. The molecular formula is C15H22ClN3O. The molecule has 0 aliphatic carbocycles. The van der Waals surface area contributed by atoms with E-state index < -0.39 is 0 Å². The van der Waals surface area contributed by atoms with Crippen LogP contribution in [0.2, 0.25) is 5.02 Å². The van der Waals surface area contributed by atoms with E-state index in [-0.39, 0.29) is 5.84 Å². The summed E-state index contributed by atoms with van der Waals surface area (Å²) in [4.78, 5) is 2.36. The lowest BCUT2D eigenvalue weighted by molar-refractivity contribution is 0.318. The first-order valence-corrected chi connectivity index (χ1v) is 7.56. The lowest BCUT2D eigenvalue weighted by atomic mass is 9.92. The third-order valence-corrected chi connectivity index (χ3v) is 4.33. The van der Waals surface area contributed by atoms with Crippen molar-refractivity contribution in [2.45, 2.75) is 32.6 Å². The fraction of sp³-hybridized carbons (Fsp3) is 0.533. The minimum atomic E-state index is 0.0446. The SMILES string of the molecule is CCCC1CCN(c2ccc(C(N)=NO)c(Cl)c2)CC1. The maximum atomic E-state index is 8.70.